The largest absolute Gasteiger partial charge is 0.388 e. The van der Waals surface area contributed by atoms with E-state index in [4.69, 9.17) is 0 Å². The van der Waals surface area contributed by atoms with E-state index in [9.17, 15) is 18.3 Å². The lowest BCUT2D eigenvalue weighted by Crippen LogP contribution is -2.49. The molecule has 4 saturated carbocycles. The van der Waals surface area contributed by atoms with Crippen LogP contribution in [0.2, 0.25) is 0 Å². The Bertz CT molecular complexity index is 525. The molecule has 0 radical (unpaired) electrons. The van der Waals surface area contributed by atoms with E-state index in [1.165, 1.54) is 19.3 Å². The molecule has 4 bridgehead atoms. The molecule has 0 heterocycles. The van der Waals surface area contributed by atoms with Crippen LogP contribution in [0.15, 0.2) is 12.1 Å². The van der Waals surface area contributed by atoms with Crippen molar-refractivity contribution in [3.63, 3.8) is 0 Å². The van der Waals surface area contributed by atoms with Crippen molar-refractivity contribution in [1.82, 2.24) is 0 Å². The molecule has 4 fully saturated rings. The van der Waals surface area contributed by atoms with Crippen LogP contribution in [0.5, 0.6) is 0 Å². The van der Waals surface area contributed by atoms with E-state index in [1.54, 1.807) is 0 Å². The van der Waals surface area contributed by atoms with Crippen LogP contribution in [0, 0.1) is 40.6 Å². The van der Waals surface area contributed by atoms with Gasteiger partial charge in [0.15, 0.2) is 0 Å². The summed E-state index contributed by atoms with van der Waals surface area (Å²) in [5.74, 6) is -1.12. The lowest BCUT2D eigenvalue weighted by molar-refractivity contribution is -0.124. The highest BCUT2D eigenvalue weighted by molar-refractivity contribution is 5.26. The summed E-state index contributed by atoms with van der Waals surface area (Å²) in [6.45, 7) is 0. The molecule has 1 aromatic carbocycles. The van der Waals surface area contributed by atoms with Crippen LogP contribution in [0.1, 0.15) is 50.2 Å². The lowest BCUT2D eigenvalue weighted by Gasteiger charge is -2.58. The first-order chi connectivity index (χ1) is 9.97. The van der Waals surface area contributed by atoms with Crippen molar-refractivity contribution >= 4 is 0 Å². The highest BCUT2D eigenvalue weighted by Crippen LogP contribution is 2.64. The third-order valence-electron chi connectivity index (χ3n) is 5.98. The van der Waals surface area contributed by atoms with E-state index in [0.29, 0.717) is 29.9 Å². The number of rotatable bonds is 2. The minimum absolute atomic E-state index is 0.335. The molecule has 1 unspecified atom stereocenters. The standard InChI is InChI=1S/C17H19F3O/c18-12-4-13(19)15(14(20)5-12)16(21)17-6-9-1-10(7-17)3-11(2-9)8-17/h4-5,9-11,16,21H,1-3,6-8H2. The zero-order chi connectivity index (χ0) is 14.8. The molecule has 4 heteroatoms. The Morgan fingerprint density at radius 3 is 1.76 bits per heavy atom. The van der Waals surface area contributed by atoms with E-state index >= 15 is 0 Å². The number of hydrogen-bond acceptors (Lipinski definition) is 1. The van der Waals surface area contributed by atoms with Crippen LogP contribution < -0.4 is 0 Å². The topological polar surface area (TPSA) is 20.2 Å². The SMILES string of the molecule is OC(c1c(F)cc(F)cc1F)C12CC3CC(CC(C3)C1)C2. The molecule has 21 heavy (non-hydrogen) atoms. The Morgan fingerprint density at radius 1 is 0.905 bits per heavy atom. The molecule has 1 N–H and O–H groups in total. The number of hydrogen-bond donors (Lipinski definition) is 1. The van der Waals surface area contributed by atoms with Gasteiger partial charge >= 0.3 is 0 Å². The van der Waals surface area contributed by atoms with Crippen molar-refractivity contribution in [2.24, 2.45) is 23.2 Å². The molecule has 0 aliphatic heterocycles. The van der Waals surface area contributed by atoms with Gasteiger partial charge in [-0.1, -0.05) is 0 Å². The maximum Gasteiger partial charge on any atom is 0.134 e. The van der Waals surface area contributed by atoms with Gasteiger partial charge in [0.2, 0.25) is 0 Å². The number of aliphatic hydroxyl groups excluding tert-OH is 1. The molecule has 4 aliphatic rings. The van der Waals surface area contributed by atoms with Gasteiger partial charge in [0, 0.05) is 17.5 Å². The van der Waals surface area contributed by atoms with Crippen molar-refractivity contribution in [1.29, 1.82) is 0 Å². The fourth-order valence-electron chi connectivity index (χ4n) is 5.63. The maximum atomic E-state index is 14.0. The molecule has 0 spiro atoms. The fourth-order valence-corrected chi connectivity index (χ4v) is 5.63. The molecule has 0 aromatic heterocycles. The highest BCUT2D eigenvalue weighted by atomic mass is 19.1. The first-order valence-electron chi connectivity index (χ1n) is 7.79. The third-order valence-corrected chi connectivity index (χ3v) is 5.98. The quantitative estimate of drug-likeness (QED) is 0.860. The molecule has 1 nitrogen and oxygen atoms in total. The van der Waals surface area contributed by atoms with E-state index in [1.807, 2.05) is 0 Å². The Morgan fingerprint density at radius 2 is 1.33 bits per heavy atom. The van der Waals surface area contributed by atoms with Crippen LogP contribution in [-0.4, -0.2) is 5.11 Å². The number of aliphatic hydroxyl groups is 1. The molecule has 0 amide bonds. The monoisotopic (exact) mass is 296 g/mol. The molecule has 4 aliphatic carbocycles. The Hall–Kier alpha value is -1.03. The Labute approximate surface area is 122 Å². The zero-order valence-corrected chi connectivity index (χ0v) is 11.8. The van der Waals surface area contributed by atoms with E-state index in [0.717, 1.165) is 19.3 Å². The van der Waals surface area contributed by atoms with E-state index in [-0.39, 0.29) is 5.56 Å². The van der Waals surface area contributed by atoms with Crippen molar-refractivity contribution in [3.05, 3.63) is 35.1 Å². The summed E-state index contributed by atoms with van der Waals surface area (Å²) >= 11 is 0. The summed E-state index contributed by atoms with van der Waals surface area (Å²) in [6.07, 6.45) is 4.95. The lowest BCUT2D eigenvalue weighted by atomic mass is 9.47. The molecular weight excluding hydrogens is 277 g/mol. The second-order valence-electron chi connectivity index (χ2n) is 7.47. The molecule has 114 valence electrons. The zero-order valence-electron chi connectivity index (χ0n) is 11.8. The minimum atomic E-state index is -1.16. The molecule has 0 saturated heterocycles. The second kappa shape index (κ2) is 4.48. The summed E-state index contributed by atoms with van der Waals surface area (Å²) in [5.41, 5.74) is -0.743. The van der Waals surface area contributed by atoms with Crippen molar-refractivity contribution in [2.45, 2.75) is 44.6 Å². The Balaban J connectivity index is 1.73. The van der Waals surface area contributed by atoms with Crippen LogP contribution in [0.25, 0.3) is 0 Å². The Kier molecular flexibility index (Phi) is 2.91. The summed E-state index contributed by atoms with van der Waals surface area (Å²) < 4.78 is 41.1. The van der Waals surface area contributed by atoms with Gasteiger partial charge in [-0.25, -0.2) is 13.2 Å². The molecule has 5 rings (SSSR count). The molecular formula is C17H19F3O. The van der Waals surface area contributed by atoms with Crippen LogP contribution in [0.3, 0.4) is 0 Å². The second-order valence-corrected chi connectivity index (χ2v) is 7.47. The van der Waals surface area contributed by atoms with Gasteiger partial charge < -0.3 is 5.11 Å². The highest BCUT2D eigenvalue weighted by Gasteiger charge is 2.55. The van der Waals surface area contributed by atoms with Gasteiger partial charge in [0.05, 0.1) is 11.7 Å². The van der Waals surface area contributed by atoms with Gasteiger partial charge in [-0.05, 0) is 56.3 Å². The molecule has 1 aromatic rings. The minimum Gasteiger partial charge on any atom is -0.388 e. The van der Waals surface area contributed by atoms with Crippen molar-refractivity contribution < 1.29 is 18.3 Å². The number of benzene rings is 1. The average molecular weight is 296 g/mol. The van der Waals surface area contributed by atoms with Crippen molar-refractivity contribution in [2.75, 3.05) is 0 Å². The maximum absolute atomic E-state index is 14.0. The summed E-state index contributed by atoms with van der Waals surface area (Å²) in [5, 5.41) is 10.7. The van der Waals surface area contributed by atoms with Gasteiger partial charge in [-0.2, -0.15) is 0 Å². The van der Waals surface area contributed by atoms with E-state index < -0.39 is 29.0 Å². The molecule has 1 atom stereocenters. The predicted molar refractivity (Wildman–Crippen MR) is 71.9 cm³/mol. The third kappa shape index (κ3) is 2.02. The average Bonchev–Trinajstić information content (AvgIpc) is 2.35. The van der Waals surface area contributed by atoms with Crippen LogP contribution in [0.4, 0.5) is 13.2 Å². The normalized spacial score (nSPS) is 38.8. The van der Waals surface area contributed by atoms with Crippen LogP contribution in [-0.2, 0) is 0 Å². The fraction of sp³-hybridized carbons (Fsp3) is 0.647. The van der Waals surface area contributed by atoms with Gasteiger partial charge in [0.25, 0.3) is 0 Å². The smallest absolute Gasteiger partial charge is 0.134 e. The van der Waals surface area contributed by atoms with E-state index in [2.05, 4.69) is 0 Å². The first-order valence-corrected chi connectivity index (χ1v) is 7.79. The van der Waals surface area contributed by atoms with Crippen LogP contribution >= 0.6 is 0 Å². The van der Waals surface area contributed by atoms with Gasteiger partial charge in [-0.3, -0.25) is 0 Å². The first kappa shape index (κ1) is 13.6. The van der Waals surface area contributed by atoms with Gasteiger partial charge in [0.1, 0.15) is 17.5 Å². The summed E-state index contributed by atoms with van der Waals surface area (Å²) in [4.78, 5) is 0. The summed E-state index contributed by atoms with van der Waals surface area (Å²) in [7, 11) is 0. The number of halogens is 3. The van der Waals surface area contributed by atoms with Crippen molar-refractivity contribution in [3.8, 4) is 0 Å². The summed E-state index contributed by atoms with van der Waals surface area (Å²) in [6, 6.07) is 1.34. The van der Waals surface area contributed by atoms with Gasteiger partial charge in [-0.15, -0.1) is 0 Å². The predicted octanol–water partition coefficient (Wildman–Crippen LogP) is 4.35.